The summed E-state index contributed by atoms with van der Waals surface area (Å²) in [6.07, 6.45) is -0.146. The van der Waals surface area contributed by atoms with Crippen molar-refractivity contribution in [2.45, 2.75) is 13.0 Å². The third-order valence-electron chi connectivity index (χ3n) is 4.08. The minimum atomic E-state index is -0.182. The molecular formula is C20H22N2O4. The number of rotatable bonds is 6. The first kappa shape index (κ1) is 17.9. The van der Waals surface area contributed by atoms with Crippen molar-refractivity contribution in [3.05, 3.63) is 54.1 Å². The Bertz CT molecular complexity index is 806. The highest BCUT2D eigenvalue weighted by atomic mass is 16.6. The van der Waals surface area contributed by atoms with E-state index in [2.05, 4.69) is 5.32 Å². The number of anilines is 1. The van der Waals surface area contributed by atoms with E-state index in [0.717, 1.165) is 11.5 Å². The Kier molecular flexibility index (Phi) is 5.53. The quantitative estimate of drug-likeness (QED) is 0.808. The third-order valence-corrected chi connectivity index (χ3v) is 4.08. The van der Waals surface area contributed by atoms with Crippen LogP contribution in [-0.2, 0) is 4.79 Å². The second-order valence-electron chi connectivity index (χ2n) is 6.34. The smallest absolute Gasteiger partial charge is 0.238 e. The molecule has 1 atom stereocenters. The molecule has 136 valence electrons. The number of nitrogens with zero attached hydrogens (tertiary/aromatic N) is 1. The molecule has 6 nitrogen and oxygen atoms in total. The average molecular weight is 354 g/mol. The summed E-state index contributed by atoms with van der Waals surface area (Å²) >= 11 is 0. The van der Waals surface area contributed by atoms with Crippen LogP contribution in [0, 0.1) is 0 Å². The van der Waals surface area contributed by atoms with Gasteiger partial charge in [-0.05, 0) is 38.2 Å². The fraction of sp³-hybridized carbons (Fsp3) is 0.300. The Morgan fingerprint density at radius 1 is 1.12 bits per heavy atom. The predicted molar refractivity (Wildman–Crippen MR) is 98.9 cm³/mol. The number of ether oxygens (including phenoxy) is 2. The van der Waals surface area contributed by atoms with E-state index in [1.165, 1.54) is 6.92 Å². The first-order valence-electron chi connectivity index (χ1n) is 8.50. The Morgan fingerprint density at radius 3 is 2.58 bits per heavy atom. The van der Waals surface area contributed by atoms with Gasteiger partial charge in [0.2, 0.25) is 5.91 Å². The summed E-state index contributed by atoms with van der Waals surface area (Å²) in [5.41, 5.74) is 1.04. The first-order chi connectivity index (χ1) is 12.5. The lowest BCUT2D eigenvalue weighted by Gasteiger charge is -2.29. The second-order valence-corrected chi connectivity index (χ2v) is 6.34. The van der Waals surface area contributed by atoms with Crippen LogP contribution in [0.25, 0.3) is 0 Å². The average Bonchev–Trinajstić information content (AvgIpc) is 2.61. The summed E-state index contributed by atoms with van der Waals surface area (Å²) in [5.74, 6) is 1.20. The number of hydrogen-bond donors (Lipinski definition) is 1. The number of carbonyl (C=O) groups excluding carboxylic acids is 2. The van der Waals surface area contributed by atoms with Crippen LogP contribution < -0.4 is 14.8 Å². The van der Waals surface area contributed by atoms with Gasteiger partial charge in [-0.25, -0.2) is 0 Å². The largest absolute Gasteiger partial charge is 0.486 e. The van der Waals surface area contributed by atoms with Gasteiger partial charge >= 0.3 is 0 Å². The number of likely N-dealkylation sites (N-methyl/N-ethyl adjacent to an activating group) is 1. The minimum Gasteiger partial charge on any atom is -0.486 e. The molecule has 0 spiro atoms. The normalized spacial score (nSPS) is 15.6. The Hall–Kier alpha value is -2.86. The van der Waals surface area contributed by atoms with Crippen LogP contribution >= 0.6 is 0 Å². The monoisotopic (exact) mass is 354 g/mol. The molecule has 3 rings (SSSR count). The van der Waals surface area contributed by atoms with Gasteiger partial charge in [0.15, 0.2) is 17.3 Å². The fourth-order valence-electron chi connectivity index (χ4n) is 2.90. The number of para-hydroxylation sites is 3. The first-order valence-corrected chi connectivity index (χ1v) is 8.50. The number of hydrogen-bond acceptors (Lipinski definition) is 5. The van der Waals surface area contributed by atoms with Crippen LogP contribution in [0.3, 0.4) is 0 Å². The van der Waals surface area contributed by atoms with E-state index >= 15 is 0 Å². The van der Waals surface area contributed by atoms with Crippen molar-refractivity contribution in [3.8, 4) is 11.5 Å². The van der Waals surface area contributed by atoms with Crippen molar-refractivity contribution < 1.29 is 19.1 Å². The lowest BCUT2D eigenvalue weighted by atomic mass is 10.1. The predicted octanol–water partition coefficient (Wildman–Crippen LogP) is 2.60. The van der Waals surface area contributed by atoms with Gasteiger partial charge in [-0.15, -0.1) is 0 Å². The summed E-state index contributed by atoms with van der Waals surface area (Å²) in [6.45, 7) is 2.66. The number of benzene rings is 2. The van der Waals surface area contributed by atoms with E-state index in [9.17, 15) is 9.59 Å². The SMILES string of the molecule is CC(=O)c1ccccc1NC(=O)CN(C)CC1COc2ccccc2O1. The molecule has 2 aromatic rings. The summed E-state index contributed by atoms with van der Waals surface area (Å²) < 4.78 is 11.6. The molecule has 1 heterocycles. The molecule has 2 aromatic carbocycles. The number of nitrogens with one attached hydrogen (secondary N) is 1. The molecule has 0 saturated carbocycles. The van der Waals surface area contributed by atoms with Crippen LogP contribution in [0.4, 0.5) is 5.69 Å². The maximum atomic E-state index is 12.3. The van der Waals surface area contributed by atoms with E-state index in [1.807, 2.05) is 36.2 Å². The van der Waals surface area contributed by atoms with Crippen molar-refractivity contribution in [1.82, 2.24) is 4.90 Å². The molecule has 0 aromatic heterocycles. The van der Waals surface area contributed by atoms with Gasteiger partial charge in [-0.3, -0.25) is 14.5 Å². The Balaban J connectivity index is 1.53. The number of amides is 1. The number of fused-ring (bicyclic) bond motifs is 1. The third kappa shape index (κ3) is 4.40. The molecule has 0 bridgehead atoms. The van der Waals surface area contributed by atoms with Gasteiger partial charge in [0.1, 0.15) is 12.7 Å². The lowest BCUT2D eigenvalue weighted by Crippen LogP contribution is -2.42. The zero-order valence-electron chi connectivity index (χ0n) is 14.9. The van der Waals surface area contributed by atoms with Crippen molar-refractivity contribution in [2.24, 2.45) is 0 Å². The Labute approximate surface area is 152 Å². The molecule has 0 radical (unpaired) electrons. The van der Waals surface area contributed by atoms with Crippen molar-refractivity contribution in [2.75, 3.05) is 32.1 Å². The zero-order chi connectivity index (χ0) is 18.5. The summed E-state index contributed by atoms with van der Waals surface area (Å²) in [7, 11) is 1.85. The van der Waals surface area contributed by atoms with E-state index in [4.69, 9.17) is 9.47 Å². The van der Waals surface area contributed by atoms with Crippen LogP contribution in [0.1, 0.15) is 17.3 Å². The highest BCUT2D eigenvalue weighted by molar-refractivity contribution is 6.04. The molecule has 1 amide bonds. The van der Waals surface area contributed by atoms with E-state index in [0.29, 0.717) is 24.4 Å². The topological polar surface area (TPSA) is 67.9 Å². The Morgan fingerprint density at radius 2 is 1.81 bits per heavy atom. The molecule has 1 unspecified atom stereocenters. The molecule has 1 aliphatic heterocycles. The second kappa shape index (κ2) is 8.01. The molecule has 0 aliphatic carbocycles. The van der Waals surface area contributed by atoms with Gasteiger partial charge < -0.3 is 14.8 Å². The molecule has 0 saturated heterocycles. The van der Waals surface area contributed by atoms with E-state index in [1.54, 1.807) is 24.3 Å². The summed E-state index contributed by atoms with van der Waals surface area (Å²) in [6, 6.07) is 14.5. The summed E-state index contributed by atoms with van der Waals surface area (Å²) in [4.78, 5) is 25.8. The summed E-state index contributed by atoms with van der Waals surface area (Å²) in [5, 5.41) is 2.80. The van der Waals surface area contributed by atoms with Crippen LogP contribution in [0.15, 0.2) is 48.5 Å². The van der Waals surface area contributed by atoms with Crippen molar-refractivity contribution >= 4 is 17.4 Å². The van der Waals surface area contributed by atoms with Crippen LogP contribution in [-0.4, -0.2) is 49.4 Å². The molecule has 1 aliphatic rings. The lowest BCUT2D eigenvalue weighted by molar-refractivity contribution is -0.117. The molecule has 0 fully saturated rings. The molecule has 26 heavy (non-hydrogen) atoms. The van der Waals surface area contributed by atoms with E-state index in [-0.39, 0.29) is 24.3 Å². The maximum Gasteiger partial charge on any atom is 0.238 e. The van der Waals surface area contributed by atoms with Gasteiger partial charge in [0, 0.05) is 12.1 Å². The van der Waals surface area contributed by atoms with Gasteiger partial charge in [-0.2, -0.15) is 0 Å². The van der Waals surface area contributed by atoms with Crippen molar-refractivity contribution in [1.29, 1.82) is 0 Å². The van der Waals surface area contributed by atoms with Gasteiger partial charge in [0.05, 0.1) is 12.2 Å². The maximum absolute atomic E-state index is 12.3. The molecular weight excluding hydrogens is 332 g/mol. The highest BCUT2D eigenvalue weighted by Crippen LogP contribution is 2.30. The highest BCUT2D eigenvalue weighted by Gasteiger charge is 2.22. The van der Waals surface area contributed by atoms with E-state index < -0.39 is 0 Å². The fourth-order valence-corrected chi connectivity index (χ4v) is 2.90. The molecule has 1 N–H and O–H groups in total. The number of Topliss-reactive ketones (excluding diaryl/α,β-unsaturated/α-hetero) is 1. The molecule has 6 heteroatoms. The van der Waals surface area contributed by atoms with Crippen LogP contribution in [0.5, 0.6) is 11.5 Å². The number of carbonyl (C=O) groups is 2. The van der Waals surface area contributed by atoms with Gasteiger partial charge in [0.25, 0.3) is 0 Å². The van der Waals surface area contributed by atoms with Gasteiger partial charge in [-0.1, -0.05) is 24.3 Å². The van der Waals surface area contributed by atoms with Crippen molar-refractivity contribution in [3.63, 3.8) is 0 Å². The number of ketones is 1. The van der Waals surface area contributed by atoms with Crippen LogP contribution in [0.2, 0.25) is 0 Å². The zero-order valence-corrected chi connectivity index (χ0v) is 14.9. The standard InChI is InChI=1S/C20H22N2O4/c1-14(23)16-7-3-4-8-17(16)21-20(24)12-22(2)11-15-13-25-18-9-5-6-10-19(18)26-15/h3-10,15H,11-13H2,1-2H3,(H,21,24). The minimum absolute atomic E-state index is 0.0827.